The molecule has 2 aromatic rings. The predicted octanol–water partition coefficient (Wildman–Crippen LogP) is 2.92. The molecule has 2 fully saturated rings. The summed E-state index contributed by atoms with van der Waals surface area (Å²) in [5.74, 6) is -0.0978. The van der Waals surface area contributed by atoms with Crippen LogP contribution in [0.15, 0.2) is 36.7 Å². The summed E-state index contributed by atoms with van der Waals surface area (Å²) in [6.45, 7) is 1.85. The van der Waals surface area contributed by atoms with E-state index in [9.17, 15) is 13.6 Å². The minimum Gasteiger partial charge on any atom is -0.341 e. The van der Waals surface area contributed by atoms with Crippen molar-refractivity contribution in [3.63, 3.8) is 0 Å². The predicted molar refractivity (Wildman–Crippen MR) is 92.4 cm³/mol. The van der Waals surface area contributed by atoms with Crippen LogP contribution in [0.1, 0.15) is 31.2 Å². The van der Waals surface area contributed by atoms with Gasteiger partial charge in [0, 0.05) is 31.6 Å². The van der Waals surface area contributed by atoms with E-state index in [0.717, 1.165) is 24.8 Å². The van der Waals surface area contributed by atoms with E-state index in [1.165, 1.54) is 24.5 Å². The van der Waals surface area contributed by atoms with Crippen LogP contribution in [0.5, 0.6) is 0 Å². The number of likely N-dealkylation sites (tertiary alicyclic amines) is 1. The molecule has 0 N–H and O–H groups in total. The van der Waals surface area contributed by atoms with Gasteiger partial charge in [-0.3, -0.25) is 4.79 Å². The number of hydrogen-bond donors (Lipinski definition) is 0. The first-order valence-electron chi connectivity index (χ1n) is 8.83. The number of rotatable bonds is 3. The van der Waals surface area contributed by atoms with Gasteiger partial charge in [-0.15, -0.1) is 0 Å². The summed E-state index contributed by atoms with van der Waals surface area (Å²) >= 11 is 0. The van der Waals surface area contributed by atoms with Crippen molar-refractivity contribution in [3.8, 4) is 0 Å². The molecule has 5 nitrogen and oxygen atoms in total. The molecule has 7 heteroatoms. The van der Waals surface area contributed by atoms with Crippen molar-refractivity contribution < 1.29 is 13.6 Å². The molecule has 1 amide bonds. The van der Waals surface area contributed by atoms with Crippen molar-refractivity contribution in [2.45, 2.75) is 37.8 Å². The molecule has 0 saturated carbocycles. The molecule has 1 aromatic heterocycles. The highest BCUT2D eigenvalue weighted by molar-refractivity contribution is 5.79. The summed E-state index contributed by atoms with van der Waals surface area (Å²) < 4.78 is 26.5. The van der Waals surface area contributed by atoms with Gasteiger partial charge in [0.1, 0.15) is 5.82 Å². The number of amides is 1. The lowest BCUT2D eigenvalue weighted by molar-refractivity contribution is -0.132. The van der Waals surface area contributed by atoms with Crippen LogP contribution < -0.4 is 4.90 Å². The SMILES string of the molecule is O=C1CCC2(CCN(c3ncc(F)cn3)CC2)N1Cc1cccc(F)c1. The van der Waals surface area contributed by atoms with Gasteiger partial charge >= 0.3 is 0 Å². The molecule has 0 radical (unpaired) electrons. The van der Waals surface area contributed by atoms with Crippen LogP contribution in [0.2, 0.25) is 0 Å². The number of halogens is 2. The summed E-state index contributed by atoms with van der Waals surface area (Å²) in [6.07, 6.45) is 5.29. The maximum absolute atomic E-state index is 13.5. The lowest BCUT2D eigenvalue weighted by Gasteiger charge is -2.45. The van der Waals surface area contributed by atoms with Gasteiger partial charge in [0.05, 0.1) is 12.4 Å². The average molecular weight is 358 g/mol. The Morgan fingerprint density at radius 2 is 1.77 bits per heavy atom. The summed E-state index contributed by atoms with van der Waals surface area (Å²) in [7, 11) is 0. The third-order valence-corrected chi connectivity index (χ3v) is 5.49. The van der Waals surface area contributed by atoms with Crippen molar-refractivity contribution in [1.29, 1.82) is 0 Å². The van der Waals surface area contributed by atoms with Crippen molar-refractivity contribution >= 4 is 11.9 Å². The number of benzene rings is 1. The molecule has 3 heterocycles. The Morgan fingerprint density at radius 1 is 1.04 bits per heavy atom. The monoisotopic (exact) mass is 358 g/mol. The molecule has 2 saturated heterocycles. The number of carbonyl (C=O) groups is 1. The largest absolute Gasteiger partial charge is 0.341 e. The van der Waals surface area contributed by atoms with E-state index >= 15 is 0 Å². The first-order chi connectivity index (χ1) is 12.6. The van der Waals surface area contributed by atoms with E-state index in [0.29, 0.717) is 32.0 Å². The number of anilines is 1. The molecule has 26 heavy (non-hydrogen) atoms. The first-order valence-corrected chi connectivity index (χ1v) is 8.83. The maximum Gasteiger partial charge on any atom is 0.225 e. The smallest absolute Gasteiger partial charge is 0.225 e. The summed E-state index contributed by atoms with van der Waals surface area (Å²) in [5.41, 5.74) is 0.615. The van der Waals surface area contributed by atoms with Gasteiger partial charge in [-0.2, -0.15) is 0 Å². The van der Waals surface area contributed by atoms with Gasteiger partial charge in [-0.05, 0) is 37.0 Å². The molecule has 0 bridgehead atoms. The van der Waals surface area contributed by atoms with E-state index in [1.54, 1.807) is 6.07 Å². The van der Waals surface area contributed by atoms with Gasteiger partial charge in [-0.25, -0.2) is 18.7 Å². The molecule has 2 aliphatic rings. The fourth-order valence-electron chi connectivity index (χ4n) is 4.06. The van der Waals surface area contributed by atoms with E-state index in [-0.39, 0.29) is 17.3 Å². The van der Waals surface area contributed by atoms with Crippen LogP contribution in [0, 0.1) is 11.6 Å². The van der Waals surface area contributed by atoms with Gasteiger partial charge in [0.15, 0.2) is 5.82 Å². The summed E-state index contributed by atoms with van der Waals surface area (Å²) in [4.78, 5) is 24.5. The quantitative estimate of drug-likeness (QED) is 0.847. The zero-order valence-corrected chi connectivity index (χ0v) is 14.4. The fraction of sp³-hybridized carbons (Fsp3) is 0.421. The van der Waals surface area contributed by atoms with Crippen LogP contribution in [0.25, 0.3) is 0 Å². The highest BCUT2D eigenvalue weighted by atomic mass is 19.1. The Hall–Kier alpha value is -2.57. The molecule has 2 aliphatic heterocycles. The minimum absolute atomic E-state index is 0.126. The zero-order valence-electron chi connectivity index (χ0n) is 14.4. The van der Waals surface area contributed by atoms with Gasteiger partial charge in [-0.1, -0.05) is 12.1 Å². The second-order valence-corrected chi connectivity index (χ2v) is 7.02. The van der Waals surface area contributed by atoms with E-state index in [4.69, 9.17) is 0 Å². The second kappa shape index (κ2) is 6.63. The number of hydrogen-bond acceptors (Lipinski definition) is 4. The topological polar surface area (TPSA) is 49.3 Å². The standard InChI is InChI=1S/C19H20F2N4O/c20-15-3-1-2-14(10-15)13-25-17(26)4-5-19(25)6-8-24(9-7-19)18-22-11-16(21)12-23-18/h1-3,10-12H,4-9,13H2. The van der Waals surface area contributed by atoms with E-state index in [2.05, 4.69) is 9.97 Å². The highest BCUT2D eigenvalue weighted by Gasteiger charge is 2.47. The molecular weight excluding hydrogens is 338 g/mol. The van der Waals surface area contributed by atoms with Crippen molar-refractivity contribution in [2.75, 3.05) is 18.0 Å². The molecule has 1 aromatic carbocycles. The normalized spacial score (nSPS) is 19.4. The Labute approximate surface area is 150 Å². The fourth-order valence-corrected chi connectivity index (χ4v) is 4.06. The maximum atomic E-state index is 13.5. The Balaban J connectivity index is 1.49. The second-order valence-electron chi connectivity index (χ2n) is 7.02. The third-order valence-electron chi connectivity index (χ3n) is 5.49. The number of carbonyl (C=O) groups excluding carboxylic acids is 1. The Bertz CT molecular complexity index is 803. The highest BCUT2D eigenvalue weighted by Crippen LogP contribution is 2.40. The molecule has 0 unspecified atom stereocenters. The molecule has 1 spiro atoms. The average Bonchev–Trinajstić information content (AvgIpc) is 2.93. The zero-order chi connectivity index (χ0) is 18.1. The molecule has 0 atom stereocenters. The van der Waals surface area contributed by atoms with Crippen molar-refractivity contribution in [3.05, 3.63) is 53.9 Å². The number of piperidine rings is 1. The Morgan fingerprint density at radius 3 is 2.46 bits per heavy atom. The summed E-state index contributed by atoms with van der Waals surface area (Å²) in [6, 6.07) is 6.42. The van der Waals surface area contributed by atoms with E-state index in [1.807, 2.05) is 15.9 Å². The Kier molecular flexibility index (Phi) is 4.30. The molecule has 136 valence electrons. The van der Waals surface area contributed by atoms with Gasteiger partial charge < -0.3 is 9.80 Å². The van der Waals surface area contributed by atoms with Crippen molar-refractivity contribution in [1.82, 2.24) is 14.9 Å². The van der Waals surface area contributed by atoms with Gasteiger partial charge in [0.2, 0.25) is 11.9 Å². The van der Waals surface area contributed by atoms with Crippen LogP contribution in [-0.4, -0.2) is 39.4 Å². The summed E-state index contributed by atoms with van der Waals surface area (Å²) in [5, 5.41) is 0. The van der Waals surface area contributed by atoms with Crippen LogP contribution in [-0.2, 0) is 11.3 Å². The lowest BCUT2D eigenvalue weighted by Crippen LogP contribution is -2.53. The van der Waals surface area contributed by atoms with Crippen molar-refractivity contribution in [2.24, 2.45) is 0 Å². The third kappa shape index (κ3) is 3.13. The molecule has 4 rings (SSSR count). The first kappa shape index (κ1) is 16.9. The number of nitrogens with zero attached hydrogens (tertiary/aromatic N) is 4. The molecular formula is C19H20F2N4O. The van der Waals surface area contributed by atoms with Gasteiger partial charge in [0.25, 0.3) is 0 Å². The van der Waals surface area contributed by atoms with Crippen LogP contribution in [0.3, 0.4) is 0 Å². The van der Waals surface area contributed by atoms with Crippen LogP contribution >= 0.6 is 0 Å². The number of aromatic nitrogens is 2. The minimum atomic E-state index is -0.454. The molecule has 0 aliphatic carbocycles. The lowest BCUT2D eigenvalue weighted by atomic mass is 9.85. The van der Waals surface area contributed by atoms with E-state index < -0.39 is 5.82 Å². The van der Waals surface area contributed by atoms with Crippen LogP contribution in [0.4, 0.5) is 14.7 Å².